The van der Waals surface area contributed by atoms with E-state index in [0.717, 1.165) is 27.7 Å². The Bertz CT molecular complexity index is 922. The van der Waals surface area contributed by atoms with Crippen LogP contribution in [0.4, 0.5) is 0 Å². The van der Waals surface area contributed by atoms with Crippen LogP contribution in [0.2, 0.25) is 0 Å². The minimum Gasteiger partial charge on any atom is -0.385 e. The van der Waals surface area contributed by atoms with Crippen LogP contribution < -0.4 is 5.32 Å². The van der Waals surface area contributed by atoms with E-state index in [0.29, 0.717) is 19.0 Å². The van der Waals surface area contributed by atoms with E-state index in [-0.39, 0.29) is 11.7 Å². The molecule has 1 heterocycles. The van der Waals surface area contributed by atoms with Crippen LogP contribution in [0.1, 0.15) is 22.6 Å². The van der Waals surface area contributed by atoms with Crippen molar-refractivity contribution in [3.63, 3.8) is 0 Å². The molecule has 0 spiro atoms. The Labute approximate surface area is 166 Å². The van der Waals surface area contributed by atoms with Gasteiger partial charge in [-0.3, -0.25) is 4.79 Å². The fourth-order valence-corrected chi connectivity index (χ4v) is 2.92. The van der Waals surface area contributed by atoms with E-state index in [1.807, 2.05) is 55.5 Å². The van der Waals surface area contributed by atoms with E-state index < -0.39 is 0 Å². The zero-order chi connectivity index (χ0) is 19.2. The second-order valence-electron chi connectivity index (χ2n) is 6.07. The number of halogens is 1. The van der Waals surface area contributed by atoms with Crippen LogP contribution in [0.15, 0.2) is 53.0 Å². The maximum absolute atomic E-state index is 12.5. The van der Waals surface area contributed by atoms with Gasteiger partial charge in [-0.1, -0.05) is 46.3 Å². The Balaban J connectivity index is 1.98. The summed E-state index contributed by atoms with van der Waals surface area (Å²) in [6, 6.07) is 15.7. The first kappa shape index (κ1) is 19.3. The van der Waals surface area contributed by atoms with Crippen molar-refractivity contribution in [1.82, 2.24) is 20.1 Å². The van der Waals surface area contributed by atoms with Crippen molar-refractivity contribution in [2.45, 2.75) is 13.3 Å². The molecule has 0 aliphatic carbocycles. The SMILES string of the molecule is COCCCNC(=O)c1nc(-c2ccc(Br)cc2)n(-c2ccccc2C)n1. The van der Waals surface area contributed by atoms with Crippen LogP contribution in [0.25, 0.3) is 17.1 Å². The number of methoxy groups -OCH3 is 1. The number of hydrogen-bond donors (Lipinski definition) is 1. The van der Waals surface area contributed by atoms with Crippen LogP contribution in [0.5, 0.6) is 0 Å². The number of aromatic nitrogens is 3. The number of amides is 1. The number of nitrogens with one attached hydrogen (secondary N) is 1. The first-order valence-electron chi connectivity index (χ1n) is 8.66. The predicted octanol–water partition coefficient (Wildman–Crippen LogP) is 3.77. The molecule has 27 heavy (non-hydrogen) atoms. The number of para-hydroxylation sites is 1. The van der Waals surface area contributed by atoms with Gasteiger partial charge in [0.05, 0.1) is 5.69 Å². The van der Waals surface area contributed by atoms with Crippen molar-refractivity contribution in [3.05, 3.63) is 64.4 Å². The summed E-state index contributed by atoms with van der Waals surface area (Å²) in [5.41, 5.74) is 2.82. The van der Waals surface area contributed by atoms with Gasteiger partial charge in [-0.25, -0.2) is 9.67 Å². The second kappa shape index (κ2) is 8.92. The molecule has 0 bridgehead atoms. The number of hydrogen-bond acceptors (Lipinski definition) is 4. The molecule has 1 aromatic heterocycles. The first-order valence-corrected chi connectivity index (χ1v) is 9.45. The molecule has 1 N–H and O–H groups in total. The molecule has 0 radical (unpaired) electrons. The van der Waals surface area contributed by atoms with Crippen LogP contribution >= 0.6 is 15.9 Å². The van der Waals surface area contributed by atoms with Gasteiger partial charge in [-0.05, 0) is 37.1 Å². The van der Waals surface area contributed by atoms with E-state index in [4.69, 9.17) is 4.74 Å². The smallest absolute Gasteiger partial charge is 0.290 e. The number of ether oxygens (including phenoxy) is 1. The van der Waals surface area contributed by atoms with Gasteiger partial charge in [0.15, 0.2) is 5.82 Å². The Morgan fingerprint density at radius 3 is 2.63 bits per heavy atom. The van der Waals surface area contributed by atoms with E-state index in [1.165, 1.54) is 0 Å². The van der Waals surface area contributed by atoms with Gasteiger partial charge >= 0.3 is 0 Å². The number of carbonyl (C=O) groups excluding carboxylic acids is 1. The fraction of sp³-hybridized carbons (Fsp3) is 0.250. The van der Waals surface area contributed by atoms with Crippen molar-refractivity contribution in [1.29, 1.82) is 0 Å². The maximum Gasteiger partial charge on any atom is 0.290 e. The summed E-state index contributed by atoms with van der Waals surface area (Å²) < 4.78 is 7.70. The summed E-state index contributed by atoms with van der Waals surface area (Å²) in [4.78, 5) is 17.0. The fourth-order valence-electron chi connectivity index (χ4n) is 2.66. The monoisotopic (exact) mass is 428 g/mol. The average Bonchev–Trinajstić information content (AvgIpc) is 3.11. The molecule has 6 nitrogen and oxygen atoms in total. The van der Waals surface area contributed by atoms with Crippen molar-refractivity contribution >= 4 is 21.8 Å². The van der Waals surface area contributed by atoms with Crippen molar-refractivity contribution in [2.75, 3.05) is 20.3 Å². The van der Waals surface area contributed by atoms with E-state index in [9.17, 15) is 4.79 Å². The minimum absolute atomic E-state index is 0.147. The third-order valence-electron chi connectivity index (χ3n) is 4.07. The molecule has 0 atom stereocenters. The molecule has 0 saturated carbocycles. The van der Waals surface area contributed by atoms with Crippen molar-refractivity contribution in [2.24, 2.45) is 0 Å². The van der Waals surface area contributed by atoms with Gasteiger partial charge in [0, 0.05) is 30.3 Å². The Hall–Kier alpha value is -2.51. The molecule has 2 aromatic carbocycles. The third kappa shape index (κ3) is 4.61. The topological polar surface area (TPSA) is 69.0 Å². The standard InChI is InChI=1S/C20H21BrN4O2/c1-14-6-3-4-7-17(14)25-19(15-8-10-16(21)11-9-15)23-18(24-25)20(26)22-12-5-13-27-2/h3-4,6-11H,5,12-13H2,1-2H3,(H,22,26). The summed E-state index contributed by atoms with van der Waals surface area (Å²) in [6.45, 7) is 3.11. The summed E-state index contributed by atoms with van der Waals surface area (Å²) in [7, 11) is 1.64. The summed E-state index contributed by atoms with van der Waals surface area (Å²) in [5, 5.41) is 7.33. The predicted molar refractivity (Wildman–Crippen MR) is 108 cm³/mol. The van der Waals surface area contributed by atoms with Crippen molar-refractivity contribution < 1.29 is 9.53 Å². The van der Waals surface area contributed by atoms with Gasteiger partial charge in [-0.2, -0.15) is 0 Å². The van der Waals surface area contributed by atoms with E-state index in [2.05, 4.69) is 31.3 Å². The lowest BCUT2D eigenvalue weighted by atomic mass is 10.2. The molecule has 0 saturated heterocycles. The highest BCUT2D eigenvalue weighted by Crippen LogP contribution is 2.24. The molecule has 0 aliphatic rings. The van der Waals surface area contributed by atoms with Crippen LogP contribution in [0, 0.1) is 6.92 Å². The highest BCUT2D eigenvalue weighted by Gasteiger charge is 2.19. The molecular weight excluding hydrogens is 408 g/mol. The molecule has 0 aliphatic heterocycles. The molecular formula is C20H21BrN4O2. The second-order valence-corrected chi connectivity index (χ2v) is 6.98. The number of nitrogens with zero attached hydrogens (tertiary/aromatic N) is 3. The lowest BCUT2D eigenvalue weighted by Gasteiger charge is -2.08. The average molecular weight is 429 g/mol. The minimum atomic E-state index is -0.295. The molecule has 0 unspecified atom stereocenters. The first-order chi connectivity index (χ1) is 13.1. The highest BCUT2D eigenvalue weighted by atomic mass is 79.9. The Morgan fingerprint density at radius 1 is 1.19 bits per heavy atom. The van der Waals surface area contributed by atoms with E-state index in [1.54, 1.807) is 11.8 Å². The summed E-state index contributed by atoms with van der Waals surface area (Å²) >= 11 is 3.45. The number of rotatable bonds is 7. The highest BCUT2D eigenvalue weighted by molar-refractivity contribution is 9.10. The maximum atomic E-state index is 12.5. The normalized spacial score (nSPS) is 10.8. The zero-order valence-electron chi connectivity index (χ0n) is 15.3. The Kier molecular flexibility index (Phi) is 6.36. The largest absolute Gasteiger partial charge is 0.385 e. The van der Waals surface area contributed by atoms with E-state index >= 15 is 0 Å². The van der Waals surface area contributed by atoms with Gasteiger partial charge < -0.3 is 10.1 Å². The van der Waals surface area contributed by atoms with Crippen LogP contribution in [0.3, 0.4) is 0 Å². The van der Waals surface area contributed by atoms with Gasteiger partial charge in [0.2, 0.25) is 5.82 Å². The van der Waals surface area contributed by atoms with Crippen molar-refractivity contribution in [3.8, 4) is 17.1 Å². The van der Waals surface area contributed by atoms with Crippen LogP contribution in [-0.4, -0.2) is 40.9 Å². The number of carbonyl (C=O) groups is 1. The lowest BCUT2D eigenvalue weighted by Crippen LogP contribution is -2.26. The number of aryl methyl sites for hydroxylation is 1. The molecule has 3 aromatic rings. The third-order valence-corrected chi connectivity index (χ3v) is 4.60. The van der Waals surface area contributed by atoms with Crippen LogP contribution in [-0.2, 0) is 4.74 Å². The number of benzene rings is 2. The Morgan fingerprint density at radius 2 is 1.93 bits per heavy atom. The van der Waals surface area contributed by atoms with Gasteiger partial charge in [0.25, 0.3) is 5.91 Å². The quantitative estimate of drug-likeness (QED) is 0.581. The molecule has 3 rings (SSSR count). The molecule has 140 valence electrons. The van der Waals surface area contributed by atoms with Gasteiger partial charge in [0.1, 0.15) is 0 Å². The molecule has 1 amide bonds. The lowest BCUT2D eigenvalue weighted by molar-refractivity contribution is 0.0938. The van der Waals surface area contributed by atoms with Gasteiger partial charge in [-0.15, -0.1) is 5.10 Å². The summed E-state index contributed by atoms with van der Waals surface area (Å²) in [6.07, 6.45) is 0.736. The molecule has 0 fully saturated rings. The molecule has 7 heteroatoms. The summed E-state index contributed by atoms with van der Waals surface area (Å²) in [5.74, 6) is 0.476. The zero-order valence-corrected chi connectivity index (χ0v) is 16.9.